The lowest BCUT2D eigenvalue weighted by atomic mass is 10.1. The standard InChI is InChI=1S/C13H20N2O2.2C7H8O3S/c14-9-5-4-8-12(15)13(16)17-10-11-6-2-1-3-7-11;2*1-6-2-4-7(5-3-6)11(8,9)10/h1-3,6-7,12H,4-5,8-10,14-15H2;2*2-5H,1H3,(H,8,9,10)/t12-;;/m0../s1. The molecule has 0 aliphatic rings. The molecule has 0 spiro atoms. The van der Waals surface area contributed by atoms with Gasteiger partial charge in [-0.3, -0.25) is 13.9 Å². The number of hydrogen-bond acceptors (Lipinski definition) is 8. The smallest absolute Gasteiger partial charge is 0.323 e. The van der Waals surface area contributed by atoms with Gasteiger partial charge in [0.25, 0.3) is 20.2 Å². The summed E-state index contributed by atoms with van der Waals surface area (Å²) in [4.78, 5) is 11.4. The van der Waals surface area contributed by atoms with Gasteiger partial charge in [0.05, 0.1) is 9.79 Å². The van der Waals surface area contributed by atoms with Crippen molar-refractivity contribution in [2.24, 2.45) is 11.5 Å². The molecule has 6 N–H and O–H groups in total. The molecule has 12 heteroatoms. The largest absolute Gasteiger partial charge is 0.460 e. The first-order valence-corrected chi connectivity index (χ1v) is 14.9. The molecule has 0 heterocycles. The Kier molecular flexibility index (Phi) is 14.6. The van der Waals surface area contributed by atoms with Gasteiger partial charge in [-0.15, -0.1) is 0 Å². The molecule has 0 saturated heterocycles. The van der Waals surface area contributed by atoms with Crippen molar-refractivity contribution in [1.29, 1.82) is 0 Å². The summed E-state index contributed by atoms with van der Waals surface area (Å²) in [5, 5.41) is 0. The van der Waals surface area contributed by atoms with E-state index in [1.54, 1.807) is 24.3 Å². The van der Waals surface area contributed by atoms with Crippen molar-refractivity contribution < 1.29 is 35.5 Å². The van der Waals surface area contributed by atoms with E-state index in [1.165, 1.54) is 24.3 Å². The van der Waals surface area contributed by atoms with Gasteiger partial charge >= 0.3 is 5.97 Å². The van der Waals surface area contributed by atoms with Crippen molar-refractivity contribution in [3.05, 3.63) is 95.6 Å². The second-order valence-corrected chi connectivity index (χ2v) is 11.4. The number of hydrogen-bond donors (Lipinski definition) is 4. The first-order chi connectivity index (χ1) is 18.2. The van der Waals surface area contributed by atoms with Crippen molar-refractivity contribution in [1.82, 2.24) is 0 Å². The zero-order valence-electron chi connectivity index (χ0n) is 21.9. The Morgan fingerprint density at radius 1 is 0.769 bits per heavy atom. The van der Waals surface area contributed by atoms with Gasteiger partial charge in [0.1, 0.15) is 12.6 Å². The molecular weight excluding hydrogens is 544 g/mol. The molecule has 0 bridgehead atoms. The van der Waals surface area contributed by atoms with E-state index in [9.17, 15) is 21.6 Å². The zero-order chi connectivity index (χ0) is 29.5. The van der Waals surface area contributed by atoms with E-state index in [0.29, 0.717) is 13.0 Å². The van der Waals surface area contributed by atoms with Gasteiger partial charge in [-0.2, -0.15) is 16.8 Å². The molecule has 39 heavy (non-hydrogen) atoms. The highest BCUT2D eigenvalue weighted by molar-refractivity contribution is 7.86. The SMILES string of the molecule is Cc1ccc(S(=O)(=O)O)cc1.Cc1ccc(S(=O)(=O)O)cc1.NCCCC[C@H](N)C(=O)OCc1ccccc1. The van der Waals surface area contributed by atoms with Crippen LogP contribution in [0.4, 0.5) is 0 Å². The lowest BCUT2D eigenvalue weighted by Crippen LogP contribution is -2.32. The zero-order valence-corrected chi connectivity index (χ0v) is 23.6. The van der Waals surface area contributed by atoms with Crippen molar-refractivity contribution in [3.8, 4) is 0 Å². The molecule has 3 rings (SSSR count). The van der Waals surface area contributed by atoms with Crippen molar-refractivity contribution in [2.75, 3.05) is 6.54 Å². The highest BCUT2D eigenvalue weighted by Gasteiger charge is 2.14. The van der Waals surface area contributed by atoms with E-state index in [-0.39, 0.29) is 22.4 Å². The Morgan fingerprint density at radius 3 is 1.59 bits per heavy atom. The summed E-state index contributed by atoms with van der Waals surface area (Å²) in [6.45, 7) is 4.59. The minimum atomic E-state index is -4.02. The number of nitrogens with two attached hydrogens (primary N) is 2. The number of benzene rings is 3. The van der Waals surface area contributed by atoms with Gasteiger partial charge in [-0.1, -0.05) is 72.1 Å². The molecule has 0 amide bonds. The van der Waals surface area contributed by atoms with E-state index in [0.717, 1.165) is 29.5 Å². The summed E-state index contributed by atoms with van der Waals surface area (Å²) in [5.74, 6) is -0.342. The molecule has 0 fully saturated rings. The summed E-state index contributed by atoms with van der Waals surface area (Å²) in [7, 11) is -8.04. The van der Waals surface area contributed by atoms with E-state index in [4.69, 9.17) is 25.3 Å². The summed E-state index contributed by atoms with van der Waals surface area (Å²) < 4.78 is 64.2. The Hall–Kier alpha value is -3.13. The van der Waals surface area contributed by atoms with Crippen LogP contribution < -0.4 is 11.5 Å². The normalized spacial score (nSPS) is 11.7. The predicted octanol–water partition coefficient (Wildman–Crippen LogP) is 3.67. The number of carbonyl (C=O) groups excluding carboxylic acids is 1. The van der Waals surface area contributed by atoms with Crippen LogP contribution in [0.25, 0.3) is 0 Å². The number of aryl methyl sites for hydroxylation is 2. The van der Waals surface area contributed by atoms with E-state index >= 15 is 0 Å². The summed E-state index contributed by atoms with van der Waals surface area (Å²) >= 11 is 0. The average Bonchev–Trinajstić information content (AvgIpc) is 2.88. The molecule has 0 aromatic heterocycles. The highest BCUT2D eigenvalue weighted by Crippen LogP contribution is 2.09. The molecule has 0 radical (unpaired) electrons. The van der Waals surface area contributed by atoms with Gasteiger partial charge in [0.2, 0.25) is 0 Å². The molecule has 3 aromatic carbocycles. The summed E-state index contributed by atoms with van der Waals surface area (Å²) in [6, 6.07) is 21.0. The number of rotatable bonds is 9. The topological polar surface area (TPSA) is 187 Å². The predicted molar refractivity (Wildman–Crippen MR) is 149 cm³/mol. The number of carbonyl (C=O) groups is 1. The third-order valence-corrected chi connectivity index (χ3v) is 6.87. The maximum atomic E-state index is 11.5. The molecule has 214 valence electrons. The first-order valence-electron chi connectivity index (χ1n) is 12.0. The molecule has 0 unspecified atom stereocenters. The molecule has 10 nitrogen and oxygen atoms in total. The fraction of sp³-hybridized carbons (Fsp3) is 0.296. The highest BCUT2D eigenvalue weighted by atomic mass is 32.2. The minimum absolute atomic E-state index is 0.0666. The van der Waals surface area contributed by atoms with E-state index in [1.807, 2.05) is 44.2 Å². The Morgan fingerprint density at radius 2 is 1.21 bits per heavy atom. The fourth-order valence-electron chi connectivity index (χ4n) is 2.88. The van der Waals surface area contributed by atoms with Crippen LogP contribution >= 0.6 is 0 Å². The molecule has 0 aliphatic carbocycles. The molecular formula is C27H36N2O8S2. The second-order valence-electron chi connectivity index (χ2n) is 8.56. The van der Waals surface area contributed by atoms with Crippen LogP contribution in [0.3, 0.4) is 0 Å². The van der Waals surface area contributed by atoms with Gasteiger partial charge in [-0.05, 0) is 63.1 Å². The quantitative estimate of drug-likeness (QED) is 0.165. The molecule has 0 aliphatic heterocycles. The molecule has 3 aromatic rings. The van der Waals surface area contributed by atoms with Crippen LogP contribution in [0.5, 0.6) is 0 Å². The van der Waals surface area contributed by atoms with Crippen LogP contribution in [0, 0.1) is 13.8 Å². The summed E-state index contributed by atoms with van der Waals surface area (Å²) in [5.41, 5.74) is 14.0. The second kappa shape index (κ2) is 16.7. The van der Waals surface area contributed by atoms with Crippen LogP contribution in [0.1, 0.15) is 36.0 Å². The van der Waals surface area contributed by atoms with Gasteiger partial charge in [0.15, 0.2) is 0 Å². The maximum Gasteiger partial charge on any atom is 0.323 e. The van der Waals surface area contributed by atoms with Crippen molar-refractivity contribution in [2.45, 2.75) is 55.5 Å². The van der Waals surface area contributed by atoms with E-state index < -0.39 is 26.3 Å². The number of ether oxygens (including phenoxy) is 1. The third kappa shape index (κ3) is 14.6. The fourth-order valence-corrected chi connectivity index (χ4v) is 3.84. The monoisotopic (exact) mass is 580 g/mol. The van der Waals surface area contributed by atoms with Crippen molar-refractivity contribution in [3.63, 3.8) is 0 Å². The number of esters is 1. The van der Waals surface area contributed by atoms with Gasteiger partial charge in [-0.25, -0.2) is 0 Å². The maximum absolute atomic E-state index is 11.5. The molecule has 1 atom stereocenters. The van der Waals surface area contributed by atoms with Crippen molar-refractivity contribution >= 4 is 26.2 Å². The molecule has 0 saturated carbocycles. The first kappa shape index (κ1) is 33.9. The van der Waals surface area contributed by atoms with Crippen LogP contribution in [-0.2, 0) is 36.4 Å². The Bertz CT molecular complexity index is 1270. The lowest BCUT2D eigenvalue weighted by molar-refractivity contribution is -0.146. The van der Waals surface area contributed by atoms with Gasteiger partial charge in [0, 0.05) is 0 Å². The van der Waals surface area contributed by atoms with Crippen LogP contribution in [0.15, 0.2) is 88.7 Å². The Labute approximate surface area is 230 Å². The van der Waals surface area contributed by atoms with Crippen LogP contribution in [-0.4, -0.2) is 44.5 Å². The van der Waals surface area contributed by atoms with E-state index in [2.05, 4.69) is 0 Å². The van der Waals surface area contributed by atoms with Crippen LogP contribution in [0.2, 0.25) is 0 Å². The summed E-state index contributed by atoms with van der Waals surface area (Å²) in [6.07, 6.45) is 2.38. The minimum Gasteiger partial charge on any atom is -0.460 e. The third-order valence-electron chi connectivity index (χ3n) is 5.13. The Balaban J connectivity index is 0.000000304. The average molecular weight is 581 g/mol. The lowest BCUT2D eigenvalue weighted by Gasteiger charge is -2.11. The van der Waals surface area contributed by atoms with Gasteiger partial charge < -0.3 is 16.2 Å². The number of unbranched alkanes of at least 4 members (excludes halogenated alkanes) is 1.